The lowest BCUT2D eigenvalue weighted by atomic mass is 10.0. The average Bonchev–Trinajstić information content (AvgIpc) is 3.47. The summed E-state index contributed by atoms with van der Waals surface area (Å²) in [6.45, 7) is 6.35. The maximum Gasteiger partial charge on any atom is 0.306 e. The van der Waals surface area contributed by atoms with Gasteiger partial charge in [-0.05, 0) is 122 Å². The van der Waals surface area contributed by atoms with Gasteiger partial charge in [-0.3, -0.25) is 14.4 Å². The standard InChI is InChI=1S/C76H122O6/c1-4-7-10-13-16-19-22-24-26-28-30-32-34-35-36-37-38-39-40-41-43-44-46-48-50-52-54-57-60-63-66-69-75(78)81-72-73(71-80-74(77)68-65-62-59-56-21-18-15-12-9-6-3)82-76(79)70-67-64-61-58-55-53-51-49-47-45-42-33-31-29-27-25-23-20-17-14-11-8-5-2/h7-8,10-11,16-17,19-20,24-27,30-33,35-36,38-39,45,47,51,53,58,61,73H,4-6,9,12-15,18,21-23,28-29,34,37,40-44,46,48-50,52,54-57,59-60,62-72H2,1-3H3/b10-7-,11-8-,19-16-,20-17-,26-24-,27-25-,32-30-,33-31-,36-35-,39-38-,47-45-,53-51-,61-58-. The molecule has 0 aliphatic carbocycles. The summed E-state index contributed by atoms with van der Waals surface area (Å²) in [5, 5.41) is 0. The van der Waals surface area contributed by atoms with E-state index in [0.29, 0.717) is 19.3 Å². The van der Waals surface area contributed by atoms with Crippen molar-refractivity contribution >= 4 is 17.9 Å². The van der Waals surface area contributed by atoms with Crippen LogP contribution in [0, 0.1) is 0 Å². The molecule has 0 heterocycles. The molecule has 0 radical (unpaired) electrons. The number of rotatable bonds is 59. The normalized spacial score (nSPS) is 13.2. The van der Waals surface area contributed by atoms with Gasteiger partial charge in [0.25, 0.3) is 0 Å². The zero-order chi connectivity index (χ0) is 59.2. The fourth-order valence-electron chi connectivity index (χ4n) is 8.85. The molecule has 1 unspecified atom stereocenters. The van der Waals surface area contributed by atoms with E-state index in [1.54, 1.807) is 0 Å². The lowest BCUT2D eigenvalue weighted by Gasteiger charge is -2.18. The third-order valence-corrected chi connectivity index (χ3v) is 13.8. The second kappa shape index (κ2) is 68.5. The van der Waals surface area contributed by atoms with Crippen LogP contribution in [0.25, 0.3) is 0 Å². The molecule has 0 N–H and O–H groups in total. The van der Waals surface area contributed by atoms with Crippen LogP contribution in [-0.2, 0) is 28.6 Å². The first kappa shape index (κ1) is 77.0. The molecule has 0 aliphatic rings. The minimum atomic E-state index is -0.815. The summed E-state index contributed by atoms with van der Waals surface area (Å²) in [7, 11) is 0. The van der Waals surface area contributed by atoms with Gasteiger partial charge in [0.15, 0.2) is 6.10 Å². The second-order valence-corrected chi connectivity index (χ2v) is 21.6. The van der Waals surface area contributed by atoms with Crippen molar-refractivity contribution in [3.05, 3.63) is 158 Å². The summed E-state index contributed by atoms with van der Waals surface area (Å²) in [6, 6.07) is 0. The van der Waals surface area contributed by atoms with E-state index in [1.807, 2.05) is 0 Å². The highest BCUT2D eigenvalue weighted by Gasteiger charge is 2.19. The monoisotopic (exact) mass is 1130 g/mol. The van der Waals surface area contributed by atoms with Gasteiger partial charge in [-0.1, -0.05) is 301 Å². The second-order valence-electron chi connectivity index (χ2n) is 21.6. The van der Waals surface area contributed by atoms with Gasteiger partial charge in [0.2, 0.25) is 0 Å². The number of esters is 3. The molecular weight excluding hydrogens is 1010 g/mol. The van der Waals surface area contributed by atoms with Crippen molar-refractivity contribution < 1.29 is 28.6 Å². The molecule has 462 valence electrons. The molecule has 0 spiro atoms. The van der Waals surface area contributed by atoms with Crippen molar-refractivity contribution in [1.29, 1.82) is 0 Å². The van der Waals surface area contributed by atoms with E-state index in [1.165, 1.54) is 109 Å². The molecule has 0 aromatic carbocycles. The first-order valence-corrected chi connectivity index (χ1v) is 33.5. The lowest BCUT2D eigenvalue weighted by Crippen LogP contribution is -2.30. The number of hydrogen-bond acceptors (Lipinski definition) is 6. The summed E-state index contributed by atoms with van der Waals surface area (Å²) in [4.78, 5) is 38.3. The van der Waals surface area contributed by atoms with Crippen LogP contribution >= 0.6 is 0 Å². The summed E-state index contributed by atoms with van der Waals surface area (Å²) in [5.41, 5.74) is 0. The Morgan fingerprint density at radius 2 is 0.488 bits per heavy atom. The van der Waals surface area contributed by atoms with Crippen LogP contribution in [0.1, 0.15) is 284 Å². The average molecular weight is 1130 g/mol. The molecule has 0 aromatic heterocycles. The molecule has 0 bridgehead atoms. The van der Waals surface area contributed by atoms with E-state index >= 15 is 0 Å². The third kappa shape index (κ3) is 65.8. The number of unbranched alkanes of at least 4 members (excludes halogenated alkanes) is 22. The highest BCUT2D eigenvalue weighted by molar-refractivity contribution is 5.71. The van der Waals surface area contributed by atoms with Crippen LogP contribution in [0.4, 0.5) is 0 Å². The topological polar surface area (TPSA) is 78.9 Å². The Morgan fingerprint density at radius 3 is 0.780 bits per heavy atom. The molecular formula is C76H122O6. The van der Waals surface area contributed by atoms with Gasteiger partial charge < -0.3 is 14.2 Å². The summed E-state index contributed by atoms with van der Waals surface area (Å²) >= 11 is 0. The van der Waals surface area contributed by atoms with Gasteiger partial charge in [0.05, 0.1) is 0 Å². The molecule has 6 nitrogen and oxygen atoms in total. The number of allylic oxidation sites excluding steroid dienone is 26. The Bertz CT molecular complexity index is 1830. The summed E-state index contributed by atoms with van der Waals surface area (Å²) < 4.78 is 16.9. The van der Waals surface area contributed by atoms with Gasteiger partial charge >= 0.3 is 17.9 Å². The number of ether oxygens (including phenoxy) is 3. The van der Waals surface area contributed by atoms with Crippen molar-refractivity contribution in [3.8, 4) is 0 Å². The molecule has 82 heavy (non-hydrogen) atoms. The van der Waals surface area contributed by atoms with Gasteiger partial charge in [0.1, 0.15) is 13.2 Å². The molecule has 0 amide bonds. The molecule has 0 aliphatic heterocycles. The zero-order valence-corrected chi connectivity index (χ0v) is 52.9. The predicted molar refractivity (Wildman–Crippen MR) is 357 cm³/mol. The third-order valence-electron chi connectivity index (χ3n) is 13.8. The van der Waals surface area contributed by atoms with Crippen LogP contribution in [-0.4, -0.2) is 37.2 Å². The Labute approximate surface area is 505 Å². The largest absolute Gasteiger partial charge is 0.462 e. The molecule has 0 saturated carbocycles. The Hall–Kier alpha value is -4.97. The zero-order valence-electron chi connectivity index (χ0n) is 52.9. The van der Waals surface area contributed by atoms with Gasteiger partial charge in [-0.15, -0.1) is 0 Å². The number of hydrogen-bond donors (Lipinski definition) is 0. The van der Waals surface area contributed by atoms with E-state index in [9.17, 15) is 14.4 Å². The highest BCUT2D eigenvalue weighted by Crippen LogP contribution is 2.15. The molecule has 1 atom stereocenters. The maximum atomic E-state index is 12.9. The molecule has 0 saturated heterocycles. The first-order chi connectivity index (χ1) is 40.5. The van der Waals surface area contributed by atoms with Crippen molar-refractivity contribution in [3.63, 3.8) is 0 Å². The van der Waals surface area contributed by atoms with Crippen molar-refractivity contribution in [2.24, 2.45) is 0 Å². The minimum absolute atomic E-state index is 0.105. The number of carbonyl (C=O) groups is 3. The predicted octanol–water partition coefficient (Wildman–Crippen LogP) is 23.3. The maximum absolute atomic E-state index is 12.9. The molecule has 0 aromatic rings. The fraction of sp³-hybridized carbons (Fsp3) is 0.618. The van der Waals surface area contributed by atoms with Gasteiger partial charge in [-0.2, -0.15) is 0 Å². The fourth-order valence-corrected chi connectivity index (χ4v) is 8.85. The molecule has 6 heteroatoms. The molecule has 0 rings (SSSR count). The SMILES string of the molecule is CC/C=C\C/C=C\C/C=C\C/C=C\C/C=C\C/C=C\C/C=C\CCCC(=O)OC(COC(=O)CCCCCCCCCCCC)COC(=O)CCCCCCCCCCCCCC/C=C\C/C=C\C/C=C\C/C=C\C/C=C\C/C=C\CC. The van der Waals surface area contributed by atoms with Crippen molar-refractivity contribution in [2.45, 2.75) is 290 Å². The van der Waals surface area contributed by atoms with E-state index in [0.717, 1.165) is 128 Å². The van der Waals surface area contributed by atoms with Crippen LogP contribution < -0.4 is 0 Å². The smallest absolute Gasteiger partial charge is 0.306 e. The Balaban J connectivity index is 4.32. The lowest BCUT2D eigenvalue weighted by molar-refractivity contribution is -0.167. The van der Waals surface area contributed by atoms with Crippen LogP contribution in [0.2, 0.25) is 0 Å². The van der Waals surface area contributed by atoms with Crippen LogP contribution in [0.3, 0.4) is 0 Å². The minimum Gasteiger partial charge on any atom is -0.462 e. The summed E-state index contributed by atoms with van der Waals surface area (Å²) in [6.07, 6.45) is 99.8. The van der Waals surface area contributed by atoms with E-state index in [4.69, 9.17) is 14.2 Å². The van der Waals surface area contributed by atoms with E-state index in [-0.39, 0.29) is 37.5 Å². The molecule has 0 fully saturated rings. The highest BCUT2D eigenvalue weighted by atomic mass is 16.6. The van der Waals surface area contributed by atoms with Gasteiger partial charge in [0, 0.05) is 19.3 Å². The summed E-state index contributed by atoms with van der Waals surface area (Å²) in [5.74, 6) is -0.968. The van der Waals surface area contributed by atoms with E-state index < -0.39 is 6.10 Å². The van der Waals surface area contributed by atoms with Crippen LogP contribution in [0.5, 0.6) is 0 Å². The van der Waals surface area contributed by atoms with Crippen LogP contribution in [0.15, 0.2) is 158 Å². The Morgan fingerprint density at radius 1 is 0.256 bits per heavy atom. The quantitative estimate of drug-likeness (QED) is 0.0261. The number of carbonyl (C=O) groups excluding carboxylic acids is 3. The Kier molecular flexibility index (Phi) is 64.4. The first-order valence-electron chi connectivity index (χ1n) is 33.5. The van der Waals surface area contributed by atoms with Crippen molar-refractivity contribution in [2.75, 3.05) is 13.2 Å². The van der Waals surface area contributed by atoms with Crippen molar-refractivity contribution in [1.82, 2.24) is 0 Å². The van der Waals surface area contributed by atoms with Gasteiger partial charge in [-0.25, -0.2) is 0 Å². The van der Waals surface area contributed by atoms with E-state index in [2.05, 4.69) is 179 Å².